The lowest BCUT2D eigenvalue weighted by Crippen LogP contribution is -2.46. The number of nitrogens with zero attached hydrogens (tertiary/aromatic N) is 4. The van der Waals surface area contributed by atoms with Gasteiger partial charge in [-0.2, -0.15) is 0 Å². The molecule has 0 spiro atoms. The molecule has 2 aromatic carbocycles. The number of ether oxygens (including phenoxy) is 1. The molecule has 5 atom stereocenters. The maximum atomic E-state index is 15.8. The number of rotatable bonds is 4. The number of anilines is 1. The van der Waals surface area contributed by atoms with Gasteiger partial charge in [0.1, 0.15) is 16.9 Å². The molecule has 2 unspecified atom stereocenters. The second-order valence-corrected chi connectivity index (χ2v) is 13.4. The van der Waals surface area contributed by atoms with Crippen LogP contribution >= 0.6 is 0 Å². The maximum absolute atomic E-state index is 15.8. The lowest BCUT2D eigenvalue weighted by atomic mass is 10.0. The third-order valence-corrected chi connectivity index (χ3v) is 9.50. The van der Waals surface area contributed by atoms with Gasteiger partial charge in [-0.1, -0.05) is 19.1 Å². The highest BCUT2D eigenvalue weighted by molar-refractivity contribution is 6.00. The Morgan fingerprint density at radius 2 is 1.95 bits per heavy atom. The monoisotopic (exact) mass is 586 g/mol. The third-order valence-electron chi connectivity index (χ3n) is 9.50. The number of carbonyl (C=O) groups is 2. The zero-order valence-corrected chi connectivity index (χ0v) is 25.6. The number of para-hydroxylation sites is 1. The van der Waals surface area contributed by atoms with Crippen molar-refractivity contribution < 1.29 is 18.7 Å². The minimum Gasteiger partial charge on any atom is -0.444 e. The Bertz CT molecular complexity index is 1780. The summed E-state index contributed by atoms with van der Waals surface area (Å²) in [6.45, 7) is 10.4. The SMILES string of the molecule is CCC1C(C)Nc2cccc3cc(-c4nc5cc(C(=O)N6C[C@H]7CC[C@@H]6[C@@H]7NC(=O)OC(C)(C)C)cc(F)c5n4C)n1c23. The normalized spacial score (nSPS) is 24.5. The van der Waals surface area contributed by atoms with Crippen LogP contribution in [0.25, 0.3) is 33.5 Å². The van der Waals surface area contributed by atoms with Gasteiger partial charge in [-0.15, -0.1) is 0 Å². The van der Waals surface area contributed by atoms with Crippen LogP contribution in [0.1, 0.15) is 70.3 Å². The second kappa shape index (κ2) is 9.72. The number of halogens is 1. The van der Waals surface area contributed by atoms with Crippen LogP contribution in [0.15, 0.2) is 36.4 Å². The summed E-state index contributed by atoms with van der Waals surface area (Å²) in [5.41, 5.74) is 3.62. The van der Waals surface area contributed by atoms with Crippen molar-refractivity contribution >= 4 is 39.6 Å². The van der Waals surface area contributed by atoms with E-state index in [0.717, 1.165) is 41.5 Å². The fourth-order valence-corrected chi connectivity index (χ4v) is 7.73. The molecule has 1 saturated heterocycles. The van der Waals surface area contributed by atoms with Crippen LogP contribution in [0, 0.1) is 11.7 Å². The van der Waals surface area contributed by atoms with Crippen LogP contribution in [-0.4, -0.2) is 61.3 Å². The highest BCUT2D eigenvalue weighted by atomic mass is 19.1. The molecule has 9 nitrogen and oxygen atoms in total. The summed E-state index contributed by atoms with van der Waals surface area (Å²) in [6, 6.07) is 11.5. The van der Waals surface area contributed by atoms with Crippen LogP contribution in [0.3, 0.4) is 0 Å². The van der Waals surface area contributed by atoms with Gasteiger partial charge in [-0.3, -0.25) is 4.79 Å². The van der Waals surface area contributed by atoms with E-state index in [-0.39, 0.29) is 41.6 Å². The summed E-state index contributed by atoms with van der Waals surface area (Å²) >= 11 is 0. The zero-order chi connectivity index (χ0) is 30.4. The Kier molecular flexibility index (Phi) is 6.27. The van der Waals surface area contributed by atoms with E-state index in [1.165, 1.54) is 6.07 Å². The predicted octanol–water partition coefficient (Wildman–Crippen LogP) is 6.23. The molecule has 2 aromatic heterocycles. The number of nitrogens with one attached hydrogen (secondary N) is 2. The Morgan fingerprint density at radius 3 is 2.70 bits per heavy atom. The number of carbonyl (C=O) groups excluding carboxylic acids is 2. The van der Waals surface area contributed by atoms with Gasteiger partial charge in [0.05, 0.1) is 40.5 Å². The van der Waals surface area contributed by atoms with Crippen LogP contribution in [0.5, 0.6) is 0 Å². The van der Waals surface area contributed by atoms with Crippen molar-refractivity contribution in [1.29, 1.82) is 0 Å². The first-order valence-corrected chi connectivity index (χ1v) is 15.3. The average Bonchev–Trinajstić information content (AvgIpc) is 3.68. The molecule has 2 bridgehead atoms. The minimum atomic E-state index is -0.605. The van der Waals surface area contributed by atoms with Gasteiger partial charge in [0.15, 0.2) is 5.82 Å². The van der Waals surface area contributed by atoms with E-state index in [1.54, 1.807) is 15.5 Å². The highest BCUT2D eigenvalue weighted by Crippen LogP contribution is 2.42. The van der Waals surface area contributed by atoms with Crippen molar-refractivity contribution in [2.75, 3.05) is 11.9 Å². The number of hydrogen-bond acceptors (Lipinski definition) is 5. The standard InChI is InChI=1S/C33H39FN6O3/c1-7-24-17(2)35-22-10-8-9-18-15-26(40(24)28(18)22)30-36-23-14-20(13-21(34)29(23)38(30)6)31(41)39-16-19-11-12-25(39)27(19)37-32(42)43-33(3,4)5/h8-10,13-15,17,19,24-25,27,35H,7,11-12,16H2,1-6H3,(H,37,42)/t17?,19-,24?,25-,27-/m1/s1. The molecule has 4 aromatic rings. The first-order chi connectivity index (χ1) is 20.4. The molecule has 3 aliphatic rings. The fourth-order valence-electron chi connectivity index (χ4n) is 7.73. The maximum Gasteiger partial charge on any atom is 0.407 e. The third kappa shape index (κ3) is 4.36. The summed E-state index contributed by atoms with van der Waals surface area (Å²) in [5, 5.41) is 7.74. The Hall–Kier alpha value is -4.08. The number of aromatic nitrogens is 3. The number of fused-ring (bicyclic) bond motifs is 3. The molecule has 1 saturated carbocycles. The molecule has 1 aliphatic carbocycles. The summed E-state index contributed by atoms with van der Waals surface area (Å²) in [4.78, 5) is 33.0. The van der Waals surface area contributed by atoms with Crippen LogP contribution in [0.2, 0.25) is 0 Å². The summed E-state index contributed by atoms with van der Waals surface area (Å²) in [6.07, 6.45) is 2.16. The molecule has 43 heavy (non-hydrogen) atoms. The van der Waals surface area contributed by atoms with Crippen molar-refractivity contribution in [3.8, 4) is 11.5 Å². The van der Waals surface area contributed by atoms with Crippen molar-refractivity contribution in [2.45, 2.75) is 83.6 Å². The quantitative estimate of drug-likeness (QED) is 0.296. The molecule has 0 radical (unpaired) electrons. The molecule has 226 valence electrons. The smallest absolute Gasteiger partial charge is 0.407 e. The number of imidazole rings is 1. The molecule has 2 aliphatic heterocycles. The van der Waals surface area contributed by atoms with E-state index in [1.807, 2.05) is 33.9 Å². The Balaban J connectivity index is 1.23. The Morgan fingerprint density at radius 1 is 1.16 bits per heavy atom. The van der Waals surface area contributed by atoms with Crippen molar-refractivity contribution in [1.82, 2.24) is 24.3 Å². The molecule has 4 heterocycles. The largest absolute Gasteiger partial charge is 0.444 e. The van der Waals surface area contributed by atoms with Gasteiger partial charge < -0.3 is 29.4 Å². The summed E-state index contributed by atoms with van der Waals surface area (Å²) in [7, 11) is 1.83. The Labute approximate surface area is 250 Å². The topological polar surface area (TPSA) is 93.4 Å². The molecular weight excluding hydrogens is 547 g/mol. The van der Waals surface area contributed by atoms with Gasteiger partial charge in [0, 0.05) is 30.6 Å². The number of benzene rings is 2. The second-order valence-electron chi connectivity index (χ2n) is 13.4. The van der Waals surface area contributed by atoms with Gasteiger partial charge in [-0.05, 0) is 77.1 Å². The number of amides is 2. The molecule has 2 N–H and O–H groups in total. The van der Waals surface area contributed by atoms with Crippen molar-refractivity contribution in [3.63, 3.8) is 0 Å². The fraction of sp³-hybridized carbons (Fsp3) is 0.485. The first-order valence-electron chi connectivity index (χ1n) is 15.3. The van der Waals surface area contributed by atoms with Crippen LogP contribution in [0.4, 0.5) is 14.9 Å². The molecular formula is C33H39FN6O3. The van der Waals surface area contributed by atoms with Gasteiger partial charge in [-0.25, -0.2) is 14.2 Å². The van der Waals surface area contributed by atoms with Crippen molar-refractivity contribution in [2.24, 2.45) is 13.0 Å². The molecule has 10 heteroatoms. The van der Waals surface area contributed by atoms with Gasteiger partial charge in [0.25, 0.3) is 5.91 Å². The van der Waals surface area contributed by atoms with E-state index in [2.05, 4.69) is 47.2 Å². The van der Waals surface area contributed by atoms with E-state index in [0.29, 0.717) is 23.4 Å². The van der Waals surface area contributed by atoms with Crippen molar-refractivity contribution in [3.05, 3.63) is 47.8 Å². The minimum absolute atomic E-state index is 0.144. The number of aryl methyl sites for hydroxylation is 1. The van der Waals surface area contributed by atoms with Gasteiger partial charge >= 0.3 is 6.09 Å². The van der Waals surface area contributed by atoms with E-state index >= 15 is 4.39 Å². The molecule has 2 amide bonds. The predicted molar refractivity (Wildman–Crippen MR) is 165 cm³/mol. The molecule has 7 rings (SSSR count). The lowest BCUT2D eigenvalue weighted by Gasteiger charge is -2.34. The number of alkyl carbamates (subject to hydrolysis) is 1. The van der Waals surface area contributed by atoms with Gasteiger partial charge in [0.2, 0.25) is 0 Å². The molecule has 2 fully saturated rings. The van der Waals surface area contributed by atoms with E-state index < -0.39 is 17.5 Å². The van der Waals surface area contributed by atoms with Crippen LogP contribution in [-0.2, 0) is 11.8 Å². The zero-order valence-electron chi connectivity index (χ0n) is 25.6. The number of likely N-dealkylation sites (tertiary alicyclic amines) is 1. The highest BCUT2D eigenvalue weighted by Gasteiger charge is 2.50. The van der Waals surface area contributed by atoms with E-state index in [4.69, 9.17) is 9.72 Å². The lowest BCUT2D eigenvalue weighted by molar-refractivity contribution is 0.0485. The van der Waals surface area contributed by atoms with E-state index in [9.17, 15) is 9.59 Å². The summed E-state index contributed by atoms with van der Waals surface area (Å²) < 4.78 is 25.4. The average molecular weight is 587 g/mol. The first kappa shape index (κ1) is 27.7. The number of piperidine rings is 1. The number of hydrogen-bond donors (Lipinski definition) is 2. The van der Waals surface area contributed by atoms with Crippen LogP contribution < -0.4 is 10.6 Å². The summed E-state index contributed by atoms with van der Waals surface area (Å²) in [5.74, 6) is 0.0861.